The molecule has 0 amide bonds. The Labute approximate surface area is 138 Å². The summed E-state index contributed by atoms with van der Waals surface area (Å²) in [6, 6.07) is 14.1. The zero-order chi connectivity index (χ0) is 16.2. The summed E-state index contributed by atoms with van der Waals surface area (Å²) in [6.07, 6.45) is 3.26. The van der Waals surface area contributed by atoms with E-state index in [1.807, 2.05) is 12.1 Å². The van der Waals surface area contributed by atoms with Crippen LogP contribution >= 0.6 is 0 Å². The summed E-state index contributed by atoms with van der Waals surface area (Å²) in [4.78, 5) is 8.39. The van der Waals surface area contributed by atoms with Crippen molar-refractivity contribution in [1.29, 1.82) is 0 Å². The number of hydrogen-bond acceptors (Lipinski definition) is 5. The van der Waals surface area contributed by atoms with Crippen LogP contribution in [0.3, 0.4) is 0 Å². The van der Waals surface area contributed by atoms with Gasteiger partial charge >= 0.3 is 21.0 Å². The number of para-hydroxylation sites is 2. The van der Waals surface area contributed by atoms with Crippen molar-refractivity contribution in [2.75, 3.05) is 13.1 Å². The van der Waals surface area contributed by atoms with Gasteiger partial charge in [-0.05, 0) is 24.3 Å². The van der Waals surface area contributed by atoms with E-state index in [-0.39, 0.29) is 11.5 Å². The minimum absolute atomic E-state index is 0.217. The van der Waals surface area contributed by atoms with Crippen molar-refractivity contribution in [3.63, 3.8) is 0 Å². The fourth-order valence-corrected chi connectivity index (χ4v) is 1.63. The maximum atomic E-state index is 9.54. The van der Waals surface area contributed by atoms with E-state index in [2.05, 4.69) is 9.98 Å². The minimum atomic E-state index is 0.217. The summed E-state index contributed by atoms with van der Waals surface area (Å²) in [5, 5.41) is 19.1. The topological polar surface area (TPSA) is 82.2 Å². The Balaban J connectivity index is 0.00000116. The van der Waals surface area contributed by atoms with Crippen LogP contribution < -0.4 is 0 Å². The van der Waals surface area contributed by atoms with Gasteiger partial charge in [-0.3, -0.25) is 9.98 Å². The molecule has 0 heterocycles. The van der Waals surface area contributed by atoms with Crippen LogP contribution in [-0.4, -0.2) is 35.7 Å². The average Bonchev–Trinajstić information content (AvgIpc) is 2.56. The predicted molar refractivity (Wildman–Crippen MR) is 81.8 cm³/mol. The molecule has 0 aliphatic heterocycles. The maximum absolute atomic E-state index is 9.54. The molecule has 0 saturated heterocycles. The summed E-state index contributed by atoms with van der Waals surface area (Å²) >= 11 is 1.06. The summed E-state index contributed by atoms with van der Waals surface area (Å²) < 4.78 is 8.19. The molecule has 111 valence electrons. The van der Waals surface area contributed by atoms with E-state index >= 15 is 0 Å². The van der Waals surface area contributed by atoms with Gasteiger partial charge in [0.15, 0.2) is 0 Å². The molecule has 2 aromatic rings. The van der Waals surface area contributed by atoms with Crippen molar-refractivity contribution in [2.24, 2.45) is 9.98 Å². The number of phenols is 2. The van der Waals surface area contributed by atoms with Crippen molar-refractivity contribution in [1.82, 2.24) is 0 Å². The molecule has 0 unspecified atom stereocenters. The quantitative estimate of drug-likeness (QED) is 0.651. The molecule has 0 saturated carbocycles. The van der Waals surface area contributed by atoms with Crippen molar-refractivity contribution >= 4 is 12.4 Å². The second kappa shape index (κ2) is 10.5. The van der Waals surface area contributed by atoms with Crippen LogP contribution in [-0.2, 0) is 21.0 Å². The number of aliphatic imine (C=N–C) groups is 2. The van der Waals surface area contributed by atoms with E-state index in [1.54, 1.807) is 48.8 Å². The Morgan fingerprint density at radius 1 is 0.773 bits per heavy atom. The first-order chi connectivity index (χ1) is 10.8. The van der Waals surface area contributed by atoms with Crippen LogP contribution in [0.2, 0.25) is 0 Å². The normalized spacial score (nSPS) is 10.6. The van der Waals surface area contributed by atoms with Crippen molar-refractivity contribution in [2.45, 2.75) is 0 Å². The van der Waals surface area contributed by atoms with Gasteiger partial charge in [0, 0.05) is 23.6 Å². The Kier molecular flexibility index (Phi) is 8.49. The Hall–Kier alpha value is -2.24. The van der Waals surface area contributed by atoms with Crippen LogP contribution in [0.5, 0.6) is 11.5 Å². The molecule has 2 aromatic carbocycles. The van der Waals surface area contributed by atoms with Crippen LogP contribution in [0, 0.1) is 0 Å². The van der Waals surface area contributed by atoms with E-state index in [9.17, 15) is 10.2 Å². The van der Waals surface area contributed by atoms with Gasteiger partial charge in [0.05, 0.1) is 13.1 Å². The van der Waals surface area contributed by atoms with Crippen LogP contribution in [0.25, 0.3) is 0 Å². The second-order valence-corrected chi connectivity index (χ2v) is 4.19. The summed E-state index contributed by atoms with van der Waals surface area (Å²) in [7, 11) is 0. The summed E-state index contributed by atoms with van der Waals surface area (Å²) in [5.41, 5.74) is 1.38. The molecule has 0 radical (unpaired) electrons. The number of hydrogen-bond donors (Lipinski definition) is 2. The third kappa shape index (κ3) is 6.03. The molecule has 5 nitrogen and oxygen atoms in total. The molecule has 0 fully saturated rings. The zero-order valence-corrected chi connectivity index (χ0v) is 13.2. The molecule has 6 heteroatoms. The van der Waals surface area contributed by atoms with Gasteiger partial charge in [0.2, 0.25) is 0 Å². The predicted octanol–water partition coefficient (Wildman–Crippen LogP) is 2.51. The van der Waals surface area contributed by atoms with Crippen LogP contribution in [0.4, 0.5) is 0 Å². The van der Waals surface area contributed by atoms with Crippen molar-refractivity contribution in [3.05, 3.63) is 59.7 Å². The molecular formula is C16H16N2O3V+2. The number of benzene rings is 2. The molecule has 0 spiro atoms. The Morgan fingerprint density at radius 2 is 1.14 bits per heavy atom. The van der Waals surface area contributed by atoms with Crippen LogP contribution in [0.15, 0.2) is 58.5 Å². The van der Waals surface area contributed by atoms with Gasteiger partial charge in [0.25, 0.3) is 0 Å². The monoisotopic (exact) mass is 335 g/mol. The van der Waals surface area contributed by atoms with E-state index in [0.717, 1.165) is 17.4 Å². The molecule has 0 aliphatic carbocycles. The summed E-state index contributed by atoms with van der Waals surface area (Å²) in [6.45, 7) is 1.05. The van der Waals surface area contributed by atoms with Crippen molar-refractivity contribution in [3.8, 4) is 11.5 Å². The van der Waals surface area contributed by atoms with E-state index in [1.165, 1.54) is 0 Å². The van der Waals surface area contributed by atoms with Gasteiger partial charge in [-0.2, -0.15) is 0 Å². The Bertz CT molecular complexity index is 589. The Morgan fingerprint density at radius 3 is 1.50 bits per heavy atom. The van der Waals surface area contributed by atoms with Crippen molar-refractivity contribution < 1.29 is 31.3 Å². The number of nitrogens with zero attached hydrogens (tertiary/aromatic N) is 2. The van der Waals surface area contributed by atoms with Gasteiger partial charge < -0.3 is 10.2 Å². The molecule has 0 aromatic heterocycles. The first kappa shape index (κ1) is 17.8. The molecule has 0 aliphatic rings. The molecule has 2 rings (SSSR count). The molecular weight excluding hydrogens is 319 g/mol. The van der Waals surface area contributed by atoms with E-state index < -0.39 is 0 Å². The first-order valence-electron chi connectivity index (χ1n) is 6.51. The fourth-order valence-electron chi connectivity index (χ4n) is 1.63. The number of aromatic hydroxyl groups is 2. The second-order valence-electron chi connectivity index (χ2n) is 4.19. The van der Waals surface area contributed by atoms with E-state index in [0.29, 0.717) is 24.2 Å². The fraction of sp³-hybridized carbons (Fsp3) is 0.125. The van der Waals surface area contributed by atoms with Gasteiger partial charge in [-0.1, -0.05) is 24.3 Å². The number of rotatable bonds is 5. The van der Waals surface area contributed by atoms with Crippen LogP contribution in [0.1, 0.15) is 11.1 Å². The molecule has 22 heavy (non-hydrogen) atoms. The zero-order valence-electron chi connectivity index (χ0n) is 11.8. The number of phenolic OH excluding ortho intramolecular Hbond substituents is 2. The van der Waals surface area contributed by atoms with Gasteiger partial charge in [-0.15, -0.1) is 0 Å². The summed E-state index contributed by atoms with van der Waals surface area (Å²) in [5.74, 6) is 0.433. The van der Waals surface area contributed by atoms with Gasteiger partial charge in [0.1, 0.15) is 11.5 Å². The van der Waals surface area contributed by atoms with Gasteiger partial charge in [-0.25, -0.2) is 0 Å². The standard InChI is InChI=1S/C16H16N2O2.O.V/c19-15-7-3-1-5-13(15)11-17-9-10-18-12-14-6-2-4-8-16(14)20;;/h1-8,11-12,19-20H,9-10H2;;/q;;+2. The SMILES string of the molecule is Oc1ccccc1C=NCCN=Cc1ccccc1O.[O]=[V+2]. The molecule has 0 atom stereocenters. The third-order valence-electron chi connectivity index (χ3n) is 2.69. The molecule has 2 N–H and O–H groups in total. The molecule has 0 bridgehead atoms. The first-order valence-corrected chi connectivity index (χ1v) is 7.08. The third-order valence-corrected chi connectivity index (χ3v) is 2.69. The average molecular weight is 335 g/mol. The van der Waals surface area contributed by atoms with E-state index in [4.69, 9.17) is 3.67 Å².